The molecule has 1 unspecified atom stereocenters. The van der Waals surface area contributed by atoms with E-state index in [0.717, 1.165) is 18.1 Å². The van der Waals surface area contributed by atoms with Crippen LogP contribution in [0.15, 0.2) is 12.1 Å². The predicted molar refractivity (Wildman–Crippen MR) is 81.5 cm³/mol. The lowest BCUT2D eigenvalue weighted by Crippen LogP contribution is -2.38. The zero-order valence-electron chi connectivity index (χ0n) is 12.7. The van der Waals surface area contributed by atoms with E-state index in [2.05, 4.69) is 44.7 Å². The van der Waals surface area contributed by atoms with Gasteiger partial charge in [-0.05, 0) is 43.9 Å². The number of pyridine rings is 1. The number of nitrogens with zero attached hydrogens (tertiary/aromatic N) is 2. The summed E-state index contributed by atoms with van der Waals surface area (Å²) in [4.78, 5) is 7.34. The largest absolute Gasteiger partial charge is 0.354 e. The van der Waals surface area contributed by atoms with Crippen LogP contribution in [0, 0.1) is 0 Å². The molecular formula is C16H27N3. The van der Waals surface area contributed by atoms with Gasteiger partial charge in [0.2, 0.25) is 0 Å². The molecule has 0 saturated carbocycles. The number of piperidine rings is 1. The Balaban J connectivity index is 2.39. The maximum atomic E-state index is 5.85. The Bertz CT molecular complexity index is 434. The molecule has 0 amide bonds. The lowest BCUT2D eigenvalue weighted by molar-refractivity contribution is 0.478. The van der Waals surface area contributed by atoms with Crippen LogP contribution >= 0.6 is 0 Å². The molecule has 1 aliphatic heterocycles. The summed E-state index contributed by atoms with van der Waals surface area (Å²) in [5.74, 6) is 1.11. The van der Waals surface area contributed by atoms with Crippen LogP contribution in [-0.4, -0.2) is 17.6 Å². The summed E-state index contributed by atoms with van der Waals surface area (Å²) in [5.41, 5.74) is 8.25. The highest BCUT2D eigenvalue weighted by Crippen LogP contribution is 2.28. The Morgan fingerprint density at radius 2 is 2.05 bits per heavy atom. The molecule has 106 valence electrons. The number of rotatable bonds is 2. The molecule has 2 heterocycles. The SMILES string of the molecule is CC1CCCCN1c1cc(CN)cc(C(C)(C)C)n1. The van der Waals surface area contributed by atoms with Crippen molar-refractivity contribution in [1.82, 2.24) is 4.98 Å². The van der Waals surface area contributed by atoms with Gasteiger partial charge in [-0.3, -0.25) is 0 Å². The highest BCUT2D eigenvalue weighted by molar-refractivity contribution is 5.45. The van der Waals surface area contributed by atoms with E-state index in [4.69, 9.17) is 10.7 Å². The van der Waals surface area contributed by atoms with Crippen LogP contribution in [0.3, 0.4) is 0 Å². The van der Waals surface area contributed by atoms with E-state index in [0.29, 0.717) is 12.6 Å². The average Bonchev–Trinajstić information content (AvgIpc) is 2.37. The minimum absolute atomic E-state index is 0.0684. The molecule has 19 heavy (non-hydrogen) atoms. The van der Waals surface area contributed by atoms with Gasteiger partial charge in [-0.25, -0.2) is 4.98 Å². The first-order valence-corrected chi connectivity index (χ1v) is 7.40. The standard InChI is InChI=1S/C16H27N3/c1-12-7-5-6-8-19(12)15-10-13(11-17)9-14(18-15)16(2,3)4/h9-10,12H,5-8,11,17H2,1-4H3. The molecule has 0 bridgehead atoms. The smallest absolute Gasteiger partial charge is 0.129 e. The Morgan fingerprint density at radius 1 is 1.32 bits per heavy atom. The lowest BCUT2D eigenvalue weighted by atomic mass is 9.90. The number of anilines is 1. The quantitative estimate of drug-likeness (QED) is 0.889. The van der Waals surface area contributed by atoms with Gasteiger partial charge in [0, 0.05) is 30.2 Å². The van der Waals surface area contributed by atoms with Gasteiger partial charge in [0.05, 0.1) is 0 Å². The van der Waals surface area contributed by atoms with Crippen molar-refractivity contribution in [3.05, 3.63) is 23.4 Å². The fraction of sp³-hybridized carbons (Fsp3) is 0.688. The number of hydrogen-bond acceptors (Lipinski definition) is 3. The normalized spacial score (nSPS) is 20.7. The molecule has 3 heteroatoms. The van der Waals surface area contributed by atoms with E-state index in [1.165, 1.54) is 24.8 Å². The van der Waals surface area contributed by atoms with Crippen molar-refractivity contribution in [3.8, 4) is 0 Å². The van der Waals surface area contributed by atoms with E-state index in [9.17, 15) is 0 Å². The number of hydrogen-bond donors (Lipinski definition) is 1. The number of aromatic nitrogens is 1. The van der Waals surface area contributed by atoms with Gasteiger partial charge in [0.1, 0.15) is 5.82 Å². The van der Waals surface area contributed by atoms with Crippen molar-refractivity contribution < 1.29 is 0 Å². The Labute approximate surface area is 117 Å². The van der Waals surface area contributed by atoms with Crippen molar-refractivity contribution in [2.24, 2.45) is 5.73 Å². The molecule has 1 fully saturated rings. The summed E-state index contributed by atoms with van der Waals surface area (Å²) >= 11 is 0. The molecule has 1 saturated heterocycles. The van der Waals surface area contributed by atoms with Gasteiger partial charge < -0.3 is 10.6 Å². The summed E-state index contributed by atoms with van der Waals surface area (Å²) in [6.45, 7) is 10.6. The van der Waals surface area contributed by atoms with Crippen LogP contribution in [0.4, 0.5) is 5.82 Å². The van der Waals surface area contributed by atoms with Crippen molar-refractivity contribution in [2.75, 3.05) is 11.4 Å². The monoisotopic (exact) mass is 261 g/mol. The van der Waals surface area contributed by atoms with Crippen LogP contribution < -0.4 is 10.6 Å². The van der Waals surface area contributed by atoms with Crippen LogP contribution in [0.2, 0.25) is 0 Å². The van der Waals surface area contributed by atoms with E-state index in [1.54, 1.807) is 0 Å². The highest BCUT2D eigenvalue weighted by atomic mass is 15.2. The van der Waals surface area contributed by atoms with Gasteiger partial charge in [0.25, 0.3) is 0 Å². The van der Waals surface area contributed by atoms with E-state index >= 15 is 0 Å². The summed E-state index contributed by atoms with van der Waals surface area (Å²) in [6.07, 6.45) is 3.86. The van der Waals surface area contributed by atoms with Crippen molar-refractivity contribution >= 4 is 5.82 Å². The fourth-order valence-electron chi connectivity index (χ4n) is 2.66. The average molecular weight is 261 g/mol. The molecule has 1 aromatic rings. The first-order valence-electron chi connectivity index (χ1n) is 7.40. The van der Waals surface area contributed by atoms with Crippen LogP contribution in [-0.2, 0) is 12.0 Å². The summed E-state index contributed by atoms with van der Waals surface area (Å²) in [7, 11) is 0. The van der Waals surface area contributed by atoms with Crippen LogP contribution in [0.1, 0.15) is 58.2 Å². The Kier molecular flexibility index (Phi) is 4.14. The van der Waals surface area contributed by atoms with Gasteiger partial charge in [-0.2, -0.15) is 0 Å². The molecule has 0 aromatic carbocycles. The minimum Gasteiger partial charge on any atom is -0.354 e. The summed E-state index contributed by atoms with van der Waals surface area (Å²) < 4.78 is 0. The van der Waals surface area contributed by atoms with Gasteiger partial charge in [0.15, 0.2) is 0 Å². The summed E-state index contributed by atoms with van der Waals surface area (Å²) in [5, 5.41) is 0. The zero-order valence-corrected chi connectivity index (χ0v) is 12.7. The van der Waals surface area contributed by atoms with Gasteiger partial charge in [-0.1, -0.05) is 20.8 Å². The van der Waals surface area contributed by atoms with Crippen molar-refractivity contribution in [3.63, 3.8) is 0 Å². The maximum absolute atomic E-state index is 5.85. The molecule has 0 spiro atoms. The van der Waals surface area contributed by atoms with E-state index in [1.807, 2.05) is 0 Å². The molecule has 0 radical (unpaired) electrons. The zero-order chi connectivity index (χ0) is 14.0. The maximum Gasteiger partial charge on any atom is 0.129 e. The van der Waals surface area contributed by atoms with Crippen LogP contribution in [0.5, 0.6) is 0 Å². The topological polar surface area (TPSA) is 42.1 Å². The molecule has 2 N–H and O–H groups in total. The van der Waals surface area contributed by atoms with Crippen molar-refractivity contribution in [1.29, 1.82) is 0 Å². The van der Waals surface area contributed by atoms with Gasteiger partial charge in [-0.15, -0.1) is 0 Å². The first kappa shape index (κ1) is 14.3. The second-order valence-corrected chi connectivity index (χ2v) is 6.71. The second-order valence-electron chi connectivity index (χ2n) is 6.71. The lowest BCUT2D eigenvalue weighted by Gasteiger charge is -2.35. The Hall–Kier alpha value is -1.09. The van der Waals surface area contributed by atoms with Gasteiger partial charge >= 0.3 is 0 Å². The van der Waals surface area contributed by atoms with E-state index in [-0.39, 0.29) is 5.41 Å². The molecule has 1 aliphatic rings. The van der Waals surface area contributed by atoms with Crippen molar-refractivity contribution in [2.45, 2.75) is 65.0 Å². The highest BCUT2D eigenvalue weighted by Gasteiger charge is 2.23. The molecular weight excluding hydrogens is 234 g/mol. The second kappa shape index (κ2) is 5.49. The summed E-state index contributed by atoms with van der Waals surface area (Å²) in [6, 6.07) is 4.90. The molecule has 1 aromatic heterocycles. The fourth-order valence-corrected chi connectivity index (χ4v) is 2.66. The third kappa shape index (κ3) is 3.27. The molecule has 2 rings (SSSR count). The Morgan fingerprint density at radius 3 is 2.63 bits per heavy atom. The minimum atomic E-state index is 0.0684. The predicted octanol–water partition coefficient (Wildman–Crippen LogP) is 3.22. The molecule has 0 aliphatic carbocycles. The van der Waals surface area contributed by atoms with E-state index < -0.39 is 0 Å². The number of nitrogens with two attached hydrogens (primary N) is 1. The molecule has 1 atom stereocenters. The third-order valence-corrected chi connectivity index (χ3v) is 3.97. The third-order valence-electron chi connectivity index (χ3n) is 3.97. The van der Waals surface area contributed by atoms with Crippen LogP contribution in [0.25, 0.3) is 0 Å². The molecule has 3 nitrogen and oxygen atoms in total. The first-order chi connectivity index (χ1) is 8.91.